The largest absolute Gasteiger partial charge is 0.330 e. The molecular weight excluding hydrogens is 260 g/mol. The van der Waals surface area contributed by atoms with Gasteiger partial charge >= 0.3 is 0 Å². The number of aryl methyl sites for hydroxylation is 1. The molecule has 0 bridgehead atoms. The second-order valence-corrected chi connectivity index (χ2v) is 5.86. The minimum Gasteiger partial charge on any atom is -0.330 e. The first-order chi connectivity index (χ1) is 10.3. The molecule has 1 aromatic heterocycles. The summed E-state index contributed by atoms with van der Waals surface area (Å²) in [4.78, 5) is 11.2. The van der Waals surface area contributed by atoms with E-state index in [1.165, 1.54) is 5.56 Å². The Morgan fingerprint density at radius 1 is 1.14 bits per heavy atom. The van der Waals surface area contributed by atoms with Crippen LogP contribution in [0.1, 0.15) is 22.9 Å². The van der Waals surface area contributed by atoms with Gasteiger partial charge in [0.25, 0.3) is 0 Å². The maximum atomic E-state index is 5.98. The zero-order valence-electron chi connectivity index (χ0n) is 12.4. The van der Waals surface area contributed by atoms with Crippen LogP contribution in [0.4, 0.5) is 0 Å². The highest BCUT2D eigenvalue weighted by Gasteiger charge is 2.32. The van der Waals surface area contributed by atoms with Gasteiger partial charge < -0.3 is 5.73 Å². The standard InChI is InChI=1S/C17H22N4/c1-13-8-20-16(9-19-13)11-21-10-15(7-18)17(12-21)14-5-3-2-4-6-14/h2-6,8-9,15,17H,7,10-12,18H2,1H3/t15-,17+/m1/s1. The topological polar surface area (TPSA) is 55.0 Å². The van der Waals surface area contributed by atoms with E-state index in [0.717, 1.165) is 37.6 Å². The van der Waals surface area contributed by atoms with Gasteiger partial charge in [-0.3, -0.25) is 14.9 Å². The van der Waals surface area contributed by atoms with Crippen LogP contribution in [-0.2, 0) is 6.54 Å². The highest BCUT2D eigenvalue weighted by Crippen LogP contribution is 2.32. The summed E-state index contributed by atoms with van der Waals surface area (Å²) >= 11 is 0. The van der Waals surface area contributed by atoms with Crippen molar-refractivity contribution in [2.75, 3.05) is 19.6 Å². The van der Waals surface area contributed by atoms with Crippen molar-refractivity contribution in [3.63, 3.8) is 0 Å². The van der Waals surface area contributed by atoms with Crippen molar-refractivity contribution in [2.24, 2.45) is 11.7 Å². The molecule has 0 amide bonds. The Morgan fingerprint density at radius 2 is 1.95 bits per heavy atom. The van der Waals surface area contributed by atoms with E-state index < -0.39 is 0 Å². The summed E-state index contributed by atoms with van der Waals surface area (Å²) < 4.78 is 0. The predicted molar refractivity (Wildman–Crippen MR) is 83.8 cm³/mol. The maximum absolute atomic E-state index is 5.98. The van der Waals surface area contributed by atoms with Crippen LogP contribution in [-0.4, -0.2) is 34.5 Å². The Morgan fingerprint density at radius 3 is 2.62 bits per heavy atom. The molecule has 0 radical (unpaired) electrons. The number of hydrogen-bond donors (Lipinski definition) is 1. The van der Waals surface area contributed by atoms with E-state index in [2.05, 4.69) is 45.2 Å². The molecule has 0 unspecified atom stereocenters. The number of nitrogens with zero attached hydrogens (tertiary/aromatic N) is 3. The Labute approximate surface area is 126 Å². The SMILES string of the molecule is Cc1cnc(CN2C[C@@H](CN)[C@H](c3ccccc3)C2)cn1. The zero-order chi connectivity index (χ0) is 14.7. The number of hydrogen-bond acceptors (Lipinski definition) is 4. The van der Waals surface area contributed by atoms with Crippen molar-refractivity contribution in [1.82, 2.24) is 14.9 Å². The average molecular weight is 282 g/mol. The van der Waals surface area contributed by atoms with Crippen LogP contribution in [0.15, 0.2) is 42.7 Å². The van der Waals surface area contributed by atoms with Crippen LogP contribution in [0.5, 0.6) is 0 Å². The van der Waals surface area contributed by atoms with E-state index in [4.69, 9.17) is 5.73 Å². The van der Waals surface area contributed by atoms with Gasteiger partial charge in [-0.15, -0.1) is 0 Å². The van der Waals surface area contributed by atoms with Gasteiger partial charge in [0, 0.05) is 37.9 Å². The first-order valence-electron chi connectivity index (χ1n) is 7.51. The molecule has 2 heterocycles. The molecule has 2 atom stereocenters. The third kappa shape index (κ3) is 3.28. The zero-order valence-corrected chi connectivity index (χ0v) is 12.4. The van der Waals surface area contributed by atoms with E-state index in [1.54, 1.807) is 0 Å². The normalized spacial score (nSPS) is 22.6. The number of likely N-dealkylation sites (tertiary alicyclic amines) is 1. The maximum Gasteiger partial charge on any atom is 0.0727 e. The lowest BCUT2D eigenvalue weighted by atomic mass is 9.89. The van der Waals surface area contributed by atoms with Crippen molar-refractivity contribution in [3.8, 4) is 0 Å². The highest BCUT2D eigenvalue weighted by atomic mass is 15.2. The van der Waals surface area contributed by atoms with Crippen LogP contribution in [0, 0.1) is 12.8 Å². The minimum absolute atomic E-state index is 0.519. The Hall–Kier alpha value is -1.78. The fraction of sp³-hybridized carbons (Fsp3) is 0.412. The molecule has 1 fully saturated rings. The molecule has 1 aliphatic heterocycles. The van der Waals surface area contributed by atoms with Crippen LogP contribution < -0.4 is 5.73 Å². The van der Waals surface area contributed by atoms with Gasteiger partial charge in [0.15, 0.2) is 0 Å². The summed E-state index contributed by atoms with van der Waals surface area (Å²) in [7, 11) is 0. The summed E-state index contributed by atoms with van der Waals surface area (Å²) in [5, 5.41) is 0. The van der Waals surface area contributed by atoms with Crippen molar-refractivity contribution in [3.05, 3.63) is 59.7 Å². The Balaban J connectivity index is 1.70. The van der Waals surface area contributed by atoms with E-state index >= 15 is 0 Å². The number of nitrogens with two attached hydrogens (primary N) is 1. The van der Waals surface area contributed by atoms with Crippen LogP contribution in [0.2, 0.25) is 0 Å². The second-order valence-electron chi connectivity index (χ2n) is 5.86. The van der Waals surface area contributed by atoms with Gasteiger partial charge in [-0.25, -0.2) is 0 Å². The quantitative estimate of drug-likeness (QED) is 0.931. The van der Waals surface area contributed by atoms with Gasteiger partial charge in [-0.1, -0.05) is 30.3 Å². The van der Waals surface area contributed by atoms with Crippen LogP contribution in [0.25, 0.3) is 0 Å². The molecular formula is C17H22N4. The minimum atomic E-state index is 0.519. The number of aromatic nitrogens is 2. The van der Waals surface area contributed by atoms with Crippen LogP contribution in [0.3, 0.4) is 0 Å². The summed E-state index contributed by atoms with van der Waals surface area (Å²) in [5.41, 5.74) is 9.37. The Bertz CT molecular complexity index is 567. The number of benzene rings is 1. The molecule has 1 aliphatic rings. The molecule has 3 rings (SSSR count). The van der Waals surface area contributed by atoms with E-state index in [1.807, 2.05) is 19.3 Å². The Kier molecular flexibility index (Phi) is 4.27. The first kappa shape index (κ1) is 14.2. The molecule has 0 aliphatic carbocycles. The molecule has 4 nitrogen and oxygen atoms in total. The van der Waals surface area contributed by atoms with Gasteiger partial charge in [0.05, 0.1) is 11.4 Å². The van der Waals surface area contributed by atoms with Crippen molar-refractivity contribution in [2.45, 2.75) is 19.4 Å². The van der Waals surface area contributed by atoms with Gasteiger partial charge in [0.2, 0.25) is 0 Å². The van der Waals surface area contributed by atoms with Gasteiger partial charge in [0.1, 0.15) is 0 Å². The lowest BCUT2D eigenvalue weighted by Gasteiger charge is -2.16. The van der Waals surface area contributed by atoms with Crippen molar-refractivity contribution in [1.29, 1.82) is 0 Å². The first-order valence-corrected chi connectivity index (χ1v) is 7.51. The lowest BCUT2D eigenvalue weighted by molar-refractivity contribution is 0.312. The lowest BCUT2D eigenvalue weighted by Crippen LogP contribution is -2.23. The molecule has 0 saturated carbocycles. The van der Waals surface area contributed by atoms with Crippen molar-refractivity contribution < 1.29 is 0 Å². The molecule has 1 aromatic carbocycles. The summed E-state index contributed by atoms with van der Waals surface area (Å²) in [6.45, 7) is 5.62. The molecule has 110 valence electrons. The highest BCUT2D eigenvalue weighted by molar-refractivity contribution is 5.22. The van der Waals surface area contributed by atoms with E-state index in [9.17, 15) is 0 Å². The smallest absolute Gasteiger partial charge is 0.0727 e. The third-order valence-electron chi connectivity index (χ3n) is 4.27. The molecule has 4 heteroatoms. The fourth-order valence-electron chi connectivity index (χ4n) is 3.14. The van der Waals surface area contributed by atoms with E-state index in [0.29, 0.717) is 11.8 Å². The molecule has 2 aromatic rings. The van der Waals surface area contributed by atoms with Gasteiger partial charge in [-0.05, 0) is 24.9 Å². The van der Waals surface area contributed by atoms with Gasteiger partial charge in [-0.2, -0.15) is 0 Å². The predicted octanol–water partition coefficient (Wildman–Crippen LogP) is 1.96. The van der Waals surface area contributed by atoms with E-state index in [-0.39, 0.29) is 0 Å². The molecule has 21 heavy (non-hydrogen) atoms. The number of rotatable bonds is 4. The summed E-state index contributed by atoms with van der Waals surface area (Å²) in [5.74, 6) is 1.04. The van der Waals surface area contributed by atoms with Crippen LogP contribution >= 0.6 is 0 Å². The molecule has 0 spiro atoms. The fourth-order valence-corrected chi connectivity index (χ4v) is 3.14. The summed E-state index contributed by atoms with van der Waals surface area (Å²) in [6.07, 6.45) is 3.71. The average Bonchev–Trinajstić information content (AvgIpc) is 2.93. The third-order valence-corrected chi connectivity index (χ3v) is 4.27. The second kappa shape index (κ2) is 6.33. The molecule has 2 N–H and O–H groups in total. The monoisotopic (exact) mass is 282 g/mol. The molecule has 1 saturated heterocycles. The van der Waals surface area contributed by atoms with Crippen molar-refractivity contribution >= 4 is 0 Å². The summed E-state index contributed by atoms with van der Waals surface area (Å²) in [6, 6.07) is 10.7.